The Kier molecular flexibility index (Phi) is 3.34. The number of ether oxygens (including phenoxy) is 1. The summed E-state index contributed by atoms with van der Waals surface area (Å²) in [6.45, 7) is 3.11. The Bertz CT molecular complexity index is 635. The zero-order valence-electron chi connectivity index (χ0n) is 11.9. The third-order valence-electron chi connectivity index (χ3n) is 3.83. The number of rotatable bonds is 3. The van der Waals surface area contributed by atoms with E-state index in [4.69, 9.17) is 4.74 Å². The minimum absolute atomic E-state index is 0.142. The molecule has 0 N–H and O–H groups in total. The summed E-state index contributed by atoms with van der Waals surface area (Å²) in [6.07, 6.45) is 1.83. The van der Waals surface area contributed by atoms with Crippen molar-refractivity contribution in [2.75, 3.05) is 18.1 Å². The Labute approximate surface area is 118 Å². The van der Waals surface area contributed by atoms with Crippen molar-refractivity contribution in [3.05, 3.63) is 24.3 Å². The van der Waals surface area contributed by atoms with Gasteiger partial charge in [0, 0.05) is 13.6 Å². The molecule has 1 saturated heterocycles. The SMILES string of the molecule is CCOC(=O)C1CCCN1c1nc2ccccc2n1C. The van der Waals surface area contributed by atoms with Gasteiger partial charge in [0.05, 0.1) is 17.6 Å². The van der Waals surface area contributed by atoms with Crippen molar-refractivity contribution in [1.29, 1.82) is 0 Å². The number of benzene rings is 1. The highest BCUT2D eigenvalue weighted by Gasteiger charge is 2.34. The average molecular weight is 273 g/mol. The summed E-state index contributed by atoms with van der Waals surface area (Å²) in [5.74, 6) is 0.707. The van der Waals surface area contributed by atoms with E-state index in [9.17, 15) is 4.79 Å². The molecule has 3 rings (SSSR count). The summed E-state index contributed by atoms with van der Waals surface area (Å²) in [5, 5.41) is 0. The Morgan fingerprint density at radius 2 is 2.25 bits per heavy atom. The van der Waals surface area contributed by atoms with Gasteiger partial charge in [0.1, 0.15) is 6.04 Å². The molecule has 0 spiro atoms. The molecule has 2 aromatic rings. The van der Waals surface area contributed by atoms with Crippen LogP contribution in [0.2, 0.25) is 0 Å². The number of anilines is 1. The van der Waals surface area contributed by atoms with E-state index in [-0.39, 0.29) is 12.0 Å². The molecule has 0 radical (unpaired) electrons. The Hall–Kier alpha value is -2.04. The number of aryl methyl sites for hydroxylation is 1. The fraction of sp³-hybridized carbons (Fsp3) is 0.467. The molecule has 2 heterocycles. The third-order valence-corrected chi connectivity index (χ3v) is 3.83. The highest BCUT2D eigenvalue weighted by molar-refractivity contribution is 5.83. The predicted octanol–water partition coefficient (Wildman–Crippen LogP) is 2.11. The summed E-state index contributed by atoms with van der Waals surface area (Å²) < 4.78 is 7.22. The fourth-order valence-corrected chi connectivity index (χ4v) is 2.88. The molecule has 0 bridgehead atoms. The molecule has 5 nitrogen and oxygen atoms in total. The lowest BCUT2D eigenvalue weighted by atomic mass is 10.2. The number of hydrogen-bond donors (Lipinski definition) is 0. The monoisotopic (exact) mass is 273 g/mol. The summed E-state index contributed by atoms with van der Waals surface area (Å²) in [6, 6.07) is 7.81. The van der Waals surface area contributed by atoms with E-state index >= 15 is 0 Å². The molecule has 0 aliphatic carbocycles. The first-order valence-electron chi connectivity index (χ1n) is 7.07. The standard InChI is InChI=1S/C15H19N3O2/c1-3-20-14(19)13-9-6-10-18(13)15-16-11-7-4-5-8-12(11)17(15)2/h4-5,7-8,13H,3,6,9-10H2,1-2H3. The van der Waals surface area contributed by atoms with E-state index < -0.39 is 0 Å². The number of para-hydroxylation sites is 2. The number of hydrogen-bond acceptors (Lipinski definition) is 4. The molecule has 1 aromatic heterocycles. The van der Waals surface area contributed by atoms with Gasteiger partial charge in [-0.15, -0.1) is 0 Å². The number of nitrogens with zero attached hydrogens (tertiary/aromatic N) is 3. The van der Waals surface area contributed by atoms with Crippen LogP contribution in [0.3, 0.4) is 0 Å². The maximum absolute atomic E-state index is 12.1. The van der Waals surface area contributed by atoms with Crippen molar-refractivity contribution in [3.8, 4) is 0 Å². The number of imidazole rings is 1. The molecule has 1 atom stereocenters. The second kappa shape index (κ2) is 5.15. The van der Waals surface area contributed by atoms with Crippen LogP contribution in [0.1, 0.15) is 19.8 Å². The van der Waals surface area contributed by atoms with E-state index in [1.165, 1.54) is 0 Å². The molecule has 106 valence electrons. The van der Waals surface area contributed by atoms with Crippen LogP contribution in [0.4, 0.5) is 5.95 Å². The van der Waals surface area contributed by atoms with Gasteiger partial charge < -0.3 is 14.2 Å². The minimum Gasteiger partial charge on any atom is -0.464 e. The smallest absolute Gasteiger partial charge is 0.328 e. The van der Waals surface area contributed by atoms with Crippen molar-refractivity contribution in [1.82, 2.24) is 9.55 Å². The van der Waals surface area contributed by atoms with E-state index in [2.05, 4.69) is 9.88 Å². The summed E-state index contributed by atoms with van der Waals surface area (Å²) >= 11 is 0. The molecular formula is C15H19N3O2. The molecule has 1 aliphatic heterocycles. The van der Waals surface area contributed by atoms with Crippen molar-refractivity contribution in [2.45, 2.75) is 25.8 Å². The largest absolute Gasteiger partial charge is 0.464 e. The number of esters is 1. The van der Waals surface area contributed by atoms with E-state index in [0.717, 1.165) is 36.4 Å². The lowest BCUT2D eigenvalue weighted by molar-refractivity contribution is -0.144. The van der Waals surface area contributed by atoms with Gasteiger partial charge in [0.25, 0.3) is 0 Å². The number of fused-ring (bicyclic) bond motifs is 1. The lowest BCUT2D eigenvalue weighted by Crippen LogP contribution is -2.38. The number of aromatic nitrogens is 2. The predicted molar refractivity (Wildman–Crippen MR) is 77.7 cm³/mol. The van der Waals surface area contributed by atoms with Crippen LogP contribution in [0, 0.1) is 0 Å². The lowest BCUT2D eigenvalue weighted by Gasteiger charge is -2.23. The quantitative estimate of drug-likeness (QED) is 0.804. The molecule has 5 heteroatoms. The van der Waals surface area contributed by atoms with Gasteiger partial charge in [-0.05, 0) is 31.9 Å². The van der Waals surface area contributed by atoms with Gasteiger partial charge in [0.2, 0.25) is 5.95 Å². The second-order valence-corrected chi connectivity index (χ2v) is 5.06. The molecule has 1 aromatic carbocycles. The van der Waals surface area contributed by atoms with Gasteiger partial charge >= 0.3 is 5.97 Å². The maximum Gasteiger partial charge on any atom is 0.328 e. The van der Waals surface area contributed by atoms with Gasteiger partial charge in [-0.3, -0.25) is 0 Å². The Morgan fingerprint density at radius 3 is 3.00 bits per heavy atom. The van der Waals surface area contributed by atoms with Crippen molar-refractivity contribution in [2.24, 2.45) is 7.05 Å². The first-order chi connectivity index (χ1) is 9.72. The first-order valence-corrected chi connectivity index (χ1v) is 7.07. The zero-order valence-corrected chi connectivity index (χ0v) is 11.9. The van der Waals surface area contributed by atoms with E-state index in [1.807, 2.05) is 42.8 Å². The molecule has 0 saturated carbocycles. The van der Waals surface area contributed by atoms with Crippen molar-refractivity contribution in [3.63, 3.8) is 0 Å². The first kappa shape index (κ1) is 13.0. The van der Waals surface area contributed by atoms with Gasteiger partial charge in [0.15, 0.2) is 0 Å². The minimum atomic E-state index is -0.203. The van der Waals surface area contributed by atoms with E-state index in [1.54, 1.807) is 0 Å². The van der Waals surface area contributed by atoms with Gasteiger partial charge in [-0.2, -0.15) is 0 Å². The van der Waals surface area contributed by atoms with Crippen LogP contribution in [0.15, 0.2) is 24.3 Å². The highest BCUT2D eigenvalue weighted by atomic mass is 16.5. The van der Waals surface area contributed by atoms with Crippen LogP contribution in [-0.2, 0) is 16.6 Å². The van der Waals surface area contributed by atoms with Gasteiger partial charge in [-0.1, -0.05) is 12.1 Å². The van der Waals surface area contributed by atoms with Crippen LogP contribution < -0.4 is 4.90 Å². The van der Waals surface area contributed by atoms with E-state index in [0.29, 0.717) is 6.61 Å². The highest BCUT2D eigenvalue weighted by Crippen LogP contribution is 2.28. The van der Waals surface area contributed by atoms with Crippen molar-refractivity contribution < 1.29 is 9.53 Å². The third kappa shape index (κ3) is 2.03. The average Bonchev–Trinajstić information content (AvgIpc) is 3.04. The molecular weight excluding hydrogens is 254 g/mol. The Balaban J connectivity index is 1.97. The van der Waals surface area contributed by atoms with Crippen LogP contribution in [0.25, 0.3) is 11.0 Å². The number of carbonyl (C=O) groups is 1. The molecule has 1 fully saturated rings. The second-order valence-electron chi connectivity index (χ2n) is 5.06. The summed E-state index contributed by atoms with van der Waals surface area (Å²) in [4.78, 5) is 18.8. The van der Waals surface area contributed by atoms with Gasteiger partial charge in [-0.25, -0.2) is 9.78 Å². The molecule has 20 heavy (non-hydrogen) atoms. The summed E-state index contributed by atoms with van der Waals surface area (Å²) in [5.41, 5.74) is 2.04. The van der Waals surface area contributed by atoms with Crippen LogP contribution >= 0.6 is 0 Å². The fourth-order valence-electron chi connectivity index (χ4n) is 2.88. The normalized spacial score (nSPS) is 18.7. The van der Waals surface area contributed by atoms with Crippen LogP contribution in [-0.4, -0.2) is 34.7 Å². The topological polar surface area (TPSA) is 47.4 Å². The molecule has 0 amide bonds. The number of carbonyl (C=O) groups excluding carboxylic acids is 1. The van der Waals surface area contributed by atoms with Crippen LogP contribution in [0.5, 0.6) is 0 Å². The van der Waals surface area contributed by atoms with Crippen molar-refractivity contribution >= 4 is 23.0 Å². The Morgan fingerprint density at radius 1 is 1.45 bits per heavy atom. The molecule has 1 aliphatic rings. The summed E-state index contributed by atoms with van der Waals surface area (Å²) in [7, 11) is 1.99. The zero-order chi connectivity index (χ0) is 14.1. The molecule has 1 unspecified atom stereocenters. The maximum atomic E-state index is 12.1.